The van der Waals surface area contributed by atoms with Crippen molar-refractivity contribution in [2.75, 3.05) is 25.2 Å². The predicted molar refractivity (Wildman–Crippen MR) is 85.0 cm³/mol. The van der Waals surface area contributed by atoms with Crippen molar-refractivity contribution in [3.63, 3.8) is 0 Å². The van der Waals surface area contributed by atoms with Crippen LogP contribution < -0.4 is 9.64 Å². The maximum atomic E-state index is 9.73. The van der Waals surface area contributed by atoms with Crippen molar-refractivity contribution in [3.8, 4) is 5.75 Å². The summed E-state index contributed by atoms with van der Waals surface area (Å²) in [6.07, 6.45) is 6.41. The van der Waals surface area contributed by atoms with Crippen molar-refractivity contribution >= 4 is 16.6 Å². The highest BCUT2D eigenvalue weighted by Crippen LogP contribution is 2.33. The highest BCUT2D eigenvalue weighted by molar-refractivity contribution is 5.96. The van der Waals surface area contributed by atoms with Crippen LogP contribution in [0.5, 0.6) is 5.75 Å². The SMILES string of the molecule is COc1cccc2c(N3CCCCCC3CO)nccc12. The fraction of sp³-hybridized carbons (Fsp3) is 0.471. The Hall–Kier alpha value is -1.81. The minimum atomic E-state index is 0.164. The lowest BCUT2D eigenvalue weighted by Crippen LogP contribution is -2.38. The minimum Gasteiger partial charge on any atom is -0.496 e. The number of methoxy groups -OCH3 is 1. The first-order valence-electron chi connectivity index (χ1n) is 7.64. The molecule has 1 aromatic heterocycles. The summed E-state index contributed by atoms with van der Waals surface area (Å²) in [4.78, 5) is 6.88. The number of hydrogen-bond donors (Lipinski definition) is 1. The molecular formula is C17H22N2O2. The summed E-state index contributed by atoms with van der Waals surface area (Å²) in [6.45, 7) is 1.14. The summed E-state index contributed by atoms with van der Waals surface area (Å²) in [5.41, 5.74) is 0. The van der Waals surface area contributed by atoms with Gasteiger partial charge in [-0.05, 0) is 25.0 Å². The third-order valence-electron chi connectivity index (χ3n) is 4.32. The Labute approximate surface area is 125 Å². The van der Waals surface area contributed by atoms with Gasteiger partial charge < -0.3 is 14.7 Å². The van der Waals surface area contributed by atoms with Crippen LogP contribution in [0.15, 0.2) is 30.5 Å². The number of hydrogen-bond acceptors (Lipinski definition) is 4. The van der Waals surface area contributed by atoms with Crippen LogP contribution in [0.1, 0.15) is 25.7 Å². The zero-order valence-electron chi connectivity index (χ0n) is 12.5. The van der Waals surface area contributed by atoms with Gasteiger partial charge in [0.25, 0.3) is 0 Å². The molecular weight excluding hydrogens is 264 g/mol. The van der Waals surface area contributed by atoms with Gasteiger partial charge in [0, 0.05) is 23.5 Å². The largest absolute Gasteiger partial charge is 0.496 e. The summed E-state index contributed by atoms with van der Waals surface area (Å²) in [7, 11) is 1.69. The van der Waals surface area contributed by atoms with Crippen LogP contribution in [-0.2, 0) is 0 Å². The molecule has 1 fully saturated rings. The molecule has 4 nitrogen and oxygen atoms in total. The molecule has 112 valence electrons. The number of pyridine rings is 1. The average Bonchev–Trinajstić information content (AvgIpc) is 2.78. The molecule has 0 radical (unpaired) electrons. The van der Waals surface area contributed by atoms with E-state index >= 15 is 0 Å². The second-order valence-electron chi connectivity index (χ2n) is 5.57. The van der Waals surface area contributed by atoms with Crippen LogP contribution in [-0.4, -0.2) is 36.4 Å². The van der Waals surface area contributed by atoms with Crippen LogP contribution >= 0.6 is 0 Å². The van der Waals surface area contributed by atoms with Crippen molar-refractivity contribution in [2.24, 2.45) is 0 Å². The van der Waals surface area contributed by atoms with E-state index in [0.29, 0.717) is 0 Å². The first kappa shape index (κ1) is 14.1. The maximum absolute atomic E-state index is 9.73. The van der Waals surface area contributed by atoms with E-state index in [1.54, 1.807) is 7.11 Å². The van der Waals surface area contributed by atoms with E-state index < -0.39 is 0 Å². The third kappa shape index (κ3) is 2.68. The Kier molecular flexibility index (Phi) is 4.25. The summed E-state index contributed by atoms with van der Waals surface area (Å²) < 4.78 is 5.45. The second-order valence-corrected chi connectivity index (χ2v) is 5.57. The van der Waals surface area contributed by atoms with Gasteiger partial charge in [0.05, 0.1) is 19.8 Å². The fourth-order valence-electron chi connectivity index (χ4n) is 3.22. The average molecular weight is 286 g/mol. The summed E-state index contributed by atoms with van der Waals surface area (Å²) >= 11 is 0. The number of benzene rings is 1. The van der Waals surface area contributed by atoms with Gasteiger partial charge in [0.1, 0.15) is 11.6 Å². The van der Waals surface area contributed by atoms with E-state index in [-0.39, 0.29) is 12.6 Å². The molecule has 0 spiro atoms. The molecule has 4 heteroatoms. The summed E-state index contributed by atoms with van der Waals surface area (Å²) in [5.74, 6) is 1.83. The lowest BCUT2D eigenvalue weighted by atomic mass is 10.1. The molecule has 0 bridgehead atoms. The molecule has 1 aromatic carbocycles. The molecule has 0 saturated carbocycles. The Balaban J connectivity index is 2.10. The molecule has 21 heavy (non-hydrogen) atoms. The molecule has 1 aliphatic heterocycles. The molecule has 1 unspecified atom stereocenters. The molecule has 1 aliphatic rings. The van der Waals surface area contributed by atoms with Crippen LogP contribution in [0.4, 0.5) is 5.82 Å². The molecule has 3 rings (SSSR count). The van der Waals surface area contributed by atoms with Gasteiger partial charge in [-0.1, -0.05) is 25.0 Å². The number of aliphatic hydroxyl groups excluding tert-OH is 1. The smallest absolute Gasteiger partial charge is 0.136 e. The normalized spacial score (nSPS) is 19.5. The Morgan fingerprint density at radius 2 is 2.14 bits per heavy atom. The zero-order valence-corrected chi connectivity index (χ0v) is 12.5. The third-order valence-corrected chi connectivity index (χ3v) is 4.32. The van der Waals surface area contributed by atoms with Gasteiger partial charge in [-0.15, -0.1) is 0 Å². The number of fused-ring (bicyclic) bond motifs is 1. The number of aromatic nitrogens is 1. The van der Waals surface area contributed by atoms with E-state index in [9.17, 15) is 5.11 Å². The van der Waals surface area contributed by atoms with Crippen molar-refractivity contribution in [2.45, 2.75) is 31.7 Å². The first-order chi connectivity index (χ1) is 10.3. The summed E-state index contributed by atoms with van der Waals surface area (Å²) in [6, 6.07) is 8.20. The van der Waals surface area contributed by atoms with Crippen LogP contribution in [0.2, 0.25) is 0 Å². The van der Waals surface area contributed by atoms with Crippen LogP contribution in [0.25, 0.3) is 10.8 Å². The fourth-order valence-corrected chi connectivity index (χ4v) is 3.22. The predicted octanol–water partition coefficient (Wildman–Crippen LogP) is 2.98. The minimum absolute atomic E-state index is 0.164. The number of nitrogens with zero attached hydrogens (tertiary/aromatic N) is 2. The monoisotopic (exact) mass is 286 g/mol. The van der Waals surface area contributed by atoms with E-state index in [1.807, 2.05) is 24.4 Å². The Morgan fingerprint density at radius 1 is 1.24 bits per heavy atom. The molecule has 1 N–H and O–H groups in total. The molecule has 0 aliphatic carbocycles. The molecule has 2 heterocycles. The number of aliphatic hydroxyl groups is 1. The maximum Gasteiger partial charge on any atom is 0.136 e. The van der Waals surface area contributed by atoms with E-state index in [2.05, 4.69) is 16.0 Å². The second kappa shape index (κ2) is 6.31. The van der Waals surface area contributed by atoms with Gasteiger partial charge >= 0.3 is 0 Å². The van der Waals surface area contributed by atoms with Crippen molar-refractivity contribution < 1.29 is 9.84 Å². The topological polar surface area (TPSA) is 45.6 Å². The van der Waals surface area contributed by atoms with Gasteiger partial charge in [-0.3, -0.25) is 0 Å². The first-order valence-corrected chi connectivity index (χ1v) is 7.64. The van der Waals surface area contributed by atoms with E-state index in [4.69, 9.17) is 4.74 Å². The van der Waals surface area contributed by atoms with E-state index in [0.717, 1.165) is 41.7 Å². The van der Waals surface area contributed by atoms with Crippen molar-refractivity contribution in [3.05, 3.63) is 30.5 Å². The van der Waals surface area contributed by atoms with Crippen LogP contribution in [0.3, 0.4) is 0 Å². The standard InChI is InChI=1S/C17H22N2O2/c1-21-16-8-5-7-15-14(16)9-10-18-17(15)19-11-4-2-3-6-13(19)12-20/h5,7-10,13,20H,2-4,6,11-12H2,1H3. The van der Waals surface area contributed by atoms with Crippen molar-refractivity contribution in [1.29, 1.82) is 0 Å². The van der Waals surface area contributed by atoms with Gasteiger partial charge in [0.2, 0.25) is 0 Å². The van der Waals surface area contributed by atoms with Gasteiger partial charge in [-0.2, -0.15) is 0 Å². The number of anilines is 1. The quantitative estimate of drug-likeness (QED) is 0.942. The molecule has 0 amide bonds. The Bertz CT molecular complexity index is 615. The van der Waals surface area contributed by atoms with Gasteiger partial charge in [0.15, 0.2) is 0 Å². The number of rotatable bonds is 3. The molecule has 1 saturated heterocycles. The summed E-state index contributed by atoms with van der Waals surface area (Å²) in [5, 5.41) is 11.9. The molecule has 1 atom stereocenters. The highest BCUT2D eigenvalue weighted by Gasteiger charge is 2.23. The number of ether oxygens (including phenoxy) is 1. The van der Waals surface area contributed by atoms with Crippen molar-refractivity contribution in [1.82, 2.24) is 4.98 Å². The highest BCUT2D eigenvalue weighted by atomic mass is 16.5. The molecule has 2 aromatic rings. The van der Waals surface area contributed by atoms with Gasteiger partial charge in [-0.25, -0.2) is 4.98 Å². The Morgan fingerprint density at radius 3 is 2.95 bits per heavy atom. The lowest BCUT2D eigenvalue weighted by Gasteiger charge is -2.30. The zero-order chi connectivity index (χ0) is 14.7. The lowest BCUT2D eigenvalue weighted by molar-refractivity contribution is 0.255. The van der Waals surface area contributed by atoms with E-state index in [1.165, 1.54) is 12.8 Å². The van der Waals surface area contributed by atoms with Crippen LogP contribution in [0, 0.1) is 0 Å².